The first-order chi connectivity index (χ1) is 30.4. The number of carbonyl (C=O) groups excluding carboxylic acids is 2. The third-order valence-corrected chi connectivity index (χ3v) is 11.6. The maximum absolute atomic E-state index is 12.8. The van der Waals surface area contributed by atoms with Crippen LogP contribution >= 0.6 is 7.82 Å². The Morgan fingerprint density at radius 3 is 1.35 bits per heavy atom. The Morgan fingerprint density at radius 2 is 0.905 bits per heavy atom. The largest absolute Gasteiger partial charge is 0.472 e. The first-order valence-electron chi connectivity index (χ1n) is 23.7. The fourth-order valence-electron chi connectivity index (χ4n) is 6.78. The molecule has 0 aromatic rings. The number of ether oxygens (including phenoxy) is 2. The number of aliphatic hydroxyl groups is 5. The smallest absolute Gasteiger partial charge is 0.462 e. The van der Waals surface area contributed by atoms with Crippen LogP contribution in [0.2, 0.25) is 0 Å². The van der Waals surface area contributed by atoms with Crippen molar-refractivity contribution in [2.75, 3.05) is 13.2 Å². The van der Waals surface area contributed by atoms with E-state index in [1.165, 1.54) is 64.2 Å². The zero-order valence-electron chi connectivity index (χ0n) is 38.3. The molecule has 1 saturated carbocycles. The zero-order chi connectivity index (χ0) is 46.4. The maximum Gasteiger partial charge on any atom is 0.472 e. The molecule has 362 valence electrons. The van der Waals surface area contributed by atoms with Gasteiger partial charge in [-0.25, -0.2) is 4.57 Å². The Labute approximate surface area is 378 Å². The highest BCUT2D eigenvalue weighted by molar-refractivity contribution is 7.47. The zero-order valence-corrected chi connectivity index (χ0v) is 39.2. The van der Waals surface area contributed by atoms with Gasteiger partial charge in [0, 0.05) is 12.8 Å². The summed E-state index contributed by atoms with van der Waals surface area (Å²) in [5.41, 5.74) is 0. The van der Waals surface area contributed by atoms with E-state index in [9.17, 15) is 44.6 Å². The van der Waals surface area contributed by atoms with Crippen molar-refractivity contribution in [1.82, 2.24) is 0 Å². The van der Waals surface area contributed by atoms with Gasteiger partial charge in [0.2, 0.25) is 0 Å². The summed E-state index contributed by atoms with van der Waals surface area (Å²) >= 11 is 0. The molecule has 0 amide bonds. The Bertz CT molecular complexity index is 1380. The molecule has 14 heteroatoms. The lowest BCUT2D eigenvalue weighted by Crippen LogP contribution is -2.64. The highest BCUT2D eigenvalue weighted by Gasteiger charge is 2.51. The molecule has 1 aliphatic carbocycles. The van der Waals surface area contributed by atoms with Gasteiger partial charge in [-0.05, 0) is 51.4 Å². The molecule has 63 heavy (non-hydrogen) atoms. The quantitative estimate of drug-likeness (QED) is 0.0148. The van der Waals surface area contributed by atoms with Crippen LogP contribution < -0.4 is 0 Å². The molecule has 1 aliphatic rings. The SMILES string of the molecule is CCC=CCC=CCC=CCC=CCC=CCC=CCCC(=O)OCC(COP(=O)(O)OC1C(O)C(O)C(O)C(O)C1O)OC(=O)CCCCCCCCCCCCCCCCC. The van der Waals surface area contributed by atoms with Crippen LogP contribution in [0.15, 0.2) is 72.9 Å². The van der Waals surface area contributed by atoms with E-state index in [4.69, 9.17) is 18.5 Å². The van der Waals surface area contributed by atoms with Crippen molar-refractivity contribution in [1.29, 1.82) is 0 Å². The van der Waals surface area contributed by atoms with Gasteiger partial charge < -0.3 is 39.9 Å². The number of allylic oxidation sites excluding steroid dienone is 12. The molecule has 0 heterocycles. The summed E-state index contributed by atoms with van der Waals surface area (Å²) in [6.45, 7) is 3.12. The summed E-state index contributed by atoms with van der Waals surface area (Å²) in [7, 11) is -5.14. The number of hydrogen-bond acceptors (Lipinski definition) is 12. The molecule has 6 atom stereocenters. The summed E-state index contributed by atoms with van der Waals surface area (Å²) in [5, 5.41) is 50.2. The number of rotatable bonds is 38. The molecule has 0 aliphatic heterocycles. The molecule has 6 unspecified atom stereocenters. The van der Waals surface area contributed by atoms with Crippen molar-refractivity contribution in [2.45, 2.75) is 211 Å². The molecule has 0 saturated heterocycles. The van der Waals surface area contributed by atoms with Crippen molar-refractivity contribution in [2.24, 2.45) is 0 Å². The fourth-order valence-corrected chi connectivity index (χ4v) is 7.76. The highest BCUT2D eigenvalue weighted by atomic mass is 31.2. The summed E-state index contributed by atoms with van der Waals surface area (Å²) in [6.07, 6.45) is 35.4. The molecular formula is C49H83O13P. The average Bonchev–Trinajstić information content (AvgIpc) is 3.26. The minimum atomic E-state index is -5.14. The van der Waals surface area contributed by atoms with E-state index < -0.39 is 75.7 Å². The number of phosphoric acid groups is 1. The van der Waals surface area contributed by atoms with E-state index in [0.717, 1.165) is 57.8 Å². The average molecular weight is 911 g/mol. The van der Waals surface area contributed by atoms with E-state index in [-0.39, 0.29) is 12.8 Å². The monoisotopic (exact) mass is 911 g/mol. The van der Waals surface area contributed by atoms with Gasteiger partial charge in [-0.15, -0.1) is 0 Å². The minimum Gasteiger partial charge on any atom is -0.462 e. The van der Waals surface area contributed by atoms with Gasteiger partial charge in [-0.1, -0.05) is 177 Å². The third kappa shape index (κ3) is 31.0. The summed E-state index contributed by atoms with van der Waals surface area (Å²) < 4.78 is 33.5. The van der Waals surface area contributed by atoms with Gasteiger partial charge in [0.25, 0.3) is 0 Å². The first kappa shape index (κ1) is 58.3. The molecule has 0 spiro atoms. The number of hydrogen-bond donors (Lipinski definition) is 6. The van der Waals surface area contributed by atoms with Crippen LogP contribution in [-0.2, 0) is 32.7 Å². The standard InChI is InChI=1S/C49H83O13P/c1-3-5-7-9-11-13-15-17-19-20-21-22-24-25-27-29-31-33-35-37-42(50)59-39-41(40-60-63(57,58)62-49-47(55)45(53)44(52)46(54)48(49)56)61-43(51)38-36-34-32-30-28-26-23-18-16-14-12-10-8-6-4-2/h5,7,11,13,17,19,21-22,25,27,31,33,41,44-49,52-56H,3-4,6,8-10,12,14-16,18,20,23-24,26,28-30,32,34-40H2,1-2H3,(H,57,58). The molecule has 0 aromatic heterocycles. The summed E-state index contributed by atoms with van der Waals surface area (Å²) in [6, 6.07) is 0. The first-order valence-corrected chi connectivity index (χ1v) is 25.2. The van der Waals surface area contributed by atoms with Crippen LogP contribution in [-0.4, -0.2) is 98.3 Å². The predicted octanol–water partition coefficient (Wildman–Crippen LogP) is 9.50. The van der Waals surface area contributed by atoms with Crippen LogP contribution in [0.5, 0.6) is 0 Å². The molecule has 13 nitrogen and oxygen atoms in total. The lowest BCUT2D eigenvalue weighted by atomic mass is 9.85. The van der Waals surface area contributed by atoms with Crippen LogP contribution in [0.25, 0.3) is 0 Å². The molecule has 1 rings (SSSR count). The number of esters is 2. The minimum absolute atomic E-state index is 0.0401. The molecule has 1 fully saturated rings. The molecule has 0 bridgehead atoms. The Hall–Kier alpha value is -2.71. The number of carbonyl (C=O) groups is 2. The predicted molar refractivity (Wildman–Crippen MR) is 249 cm³/mol. The van der Waals surface area contributed by atoms with Crippen LogP contribution in [0.1, 0.15) is 168 Å². The van der Waals surface area contributed by atoms with Gasteiger partial charge in [0.05, 0.1) is 6.61 Å². The second-order valence-corrected chi connectivity index (χ2v) is 17.6. The molecule has 6 N–H and O–H groups in total. The fraction of sp³-hybridized carbons (Fsp3) is 0.714. The van der Waals surface area contributed by atoms with Crippen molar-refractivity contribution in [3.63, 3.8) is 0 Å². The number of phosphoric ester groups is 1. The van der Waals surface area contributed by atoms with Gasteiger partial charge in [0.15, 0.2) is 6.10 Å². The van der Waals surface area contributed by atoms with Gasteiger partial charge in [-0.2, -0.15) is 0 Å². The van der Waals surface area contributed by atoms with Crippen molar-refractivity contribution < 1.29 is 63.1 Å². The molecule has 0 aromatic carbocycles. The Kier molecular flexibility index (Phi) is 35.7. The van der Waals surface area contributed by atoms with E-state index >= 15 is 0 Å². The number of aliphatic hydroxyl groups excluding tert-OH is 5. The Balaban J connectivity index is 2.50. The Morgan fingerprint density at radius 1 is 0.508 bits per heavy atom. The summed E-state index contributed by atoms with van der Waals surface area (Å²) in [4.78, 5) is 35.7. The van der Waals surface area contributed by atoms with Gasteiger partial charge in [-0.3, -0.25) is 18.6 Å². The molecular weight excluding hydrogens is 827 g/mol. The van der Waals surface area contributed by atoms with E-state index in [1.807, 2.05) is 18.2 Å². The second kappa shape index (κ2) is 38.5. The van der Waals surface area contributed by atoms with Crippen LogP contribution in [0.4, 0.5) is 0 Å². The molecule has 0 radical (unpaired) electrons. The van der Waals surface area contributed by atoms with Gasteiger partial charge in [0.1, 0.15) is 43.2 Å². The maximum atomic E-state index is 12.8. The number of unbranched alkanes of at least 4 members (excludes halogenated alkanes) is 14. The van der Waals surface area contributed by atoms with Crippen molar-refractivity contribution in [3.05, 3.63) is 72.9 Å². The topological polar surface area (TPSA) is 210 Å². The van der Waals surface area contributed by atoms with Crippen LogP contribution in [0.3, 0.4) is 0 Å². The lowest BCUT2D eigenvalue weighted by molar-refractivity contribution is -0.220. The third-order valence-electron chi connectivity index (χ3n) is 10.6. The van der Waals surface area contributed by atoms with Gasteiger partial charge >= 0.3 is 19.8 Å². The second-order valence-electron chi connectivity index (χ2n) is 16.2. The van der Waals surface area contributed by atoms with E-state index in [2.05, 4.69) is 68.5 Å². The normalized spacial score (nSPS) is 22.3. The van der Waals surface area contributed by atoms with Crippen molar-refractivity contribution in [3.8, 4) is 0 Å². The highest BCUT2D eigenvalue weighted by Crippen LogP contribution is 2.47. The van der Waals surface area contributed by atoms with E-state index in [1.54, 1.807) is 0 Å². The van der Waals surface area contributed by atoms with Crippen LogP contribution in [0, 0.1) is 0 Å². The van der Waals surface area contributed by atoms with Crippen molar-refractivity contribution >= 4 is 19.8 Å². The van der Waals surface area contributed by atoms with E-state index in [0.29, 0.717) is 19.3 Å². The summed E-state index contributed by atoms with van der Waals surface area (Å²) in [5.74, 6) is -1.20. The lowest BCUT2D eigenvalue weighted by Gasteiger charge is -2.41.